The van der Waals surface area contributed by atoms with E-state index in [0.717, 1.165) is 0 Å². The molecule has 0 saturated carbocycles. The molecule has 0 saturated heterocycles. The van der Waals surface area contributed by atoms with Crippen LogP contribution in [0.2, 0.25) is 0 Å². The highest BCUT2D eigenvalue weighted by Gasteiger charge is 2.43. The summed E-state index contributed by atoms with van der Waals surface area (Å²) in [6.45, 7) is 1.48. The fraction of sp³-hybridized carbons (Fsp3) is 0.148. The molecule has 1 atom stereocenters. The molecule has 1 aliphatic heterocycles. The van der Waals surface area contributed by atoms with Gasteiger partial charge in [0.25, 0.3) is 5.91 Å². The number of Topliss-reactive ketones (excluding diaryl/α,β-unsaturated/α-hetero) is 1. The van der Waals surface area contributed by atoms with E-state index in [1.54, 1.807) is 66.7 Å². The van der Waals surface area contributed by atoms with E-state index in [1.807, 2.05) is 0 Å². The Morgan fingerprint density at radius 2 is 1.62 bits per heavy atom. The van der Waals surface area contributed by atoms with Gasteiger partial charge >= 0.3 is 0 Å². The van der Waals surface area contributed by atoms with Crippen molar-refractivity contribution in [1.82, 2.24) is 0 Å². The van der Waals surface area contributed by atoms with Crippen LogP contribution in [0.25, 0.3) is 11.0 Å². The first-order chi connectivity index (χ1) is 16.4. The Balaban J connectivity index is 1.77. The van der Waals surface area contributed by atoms with E-state index in [-0.39, 0.29) is 22.5 Å². The summed E-state index contributed by atoms with van der Waals surface area (Å²) in [6.07, 6.45) is 0. The van der Waals surface area contributed by atoms with Crippen LogP contribution >= 0.6 is 0 Å². The molecule has 1 aromatic heterocycles. The van der Waals surface area contributed by atoms with Crippen molar-refractivity contribution in [2.45, 2.75) is 13.0 Å². The number of amides is 1. The predicted molar refractivity (Wildman–Crippen MR) is 127 cm³/mol. The molecule has 0 aliphatic carbocycles. The minimum Gasteiger partial charge on any atom is -0.493 e. The maximum Gasteiger partial charge on any atom is 0.295 e. The smallest absolute Gasteiger partial charge is 0.295 e. The maximum absolute atomic E-state index is 13.6. The van der Waals surface area contributed by atoms with Crippen LogP contribution in [-0.4, -0.2) is 25.9 Å². The molecule has 0 spiro atoms. The number of hydrogen-bond donors (Lipinski definition) is 0. The van der Waals surface area contributed by atoms with Gasteiger partial charge in [0.1, 0.15) is 5.58 Å². The van der Waals surface area contributed by atoms with Crippen molar-refractivity contribution < 1.29 is 23.5 Å². The number of carbonyl (C=O) groups excluding carboxylic acids is 2. The average molecular weight is 455 g/mol. The Morgan fingerprint density at radius 1 is 0.912 bits per heavy atom. The van der Waals surface area contributed by atoms with Gasteiger partial charge in [0.2, 0.25) is 5.76 Å². The number of benzene rings is 3. The third-order valence-corrected chi connectivity index (χ3v) is 6.05. The largest absolute Gasteiger partial charge is 0.493 e. The van der Waals surface area contributed by atoms with Crippen LogP contribution in [0, 0.1) is 0 Å². The molecule has 170 valence electrons. The van der Waals surface area contributed by atoms with Gasteiger partial charge in [0, 0.05) is 11.3 Å². The number of rotatable bonds is 5. The summed E-state index contributed by atoms with van der Waals surface area (Å²) < 4.78 is 16.8. The first-order valence-corrected chi connectivity index (χ1v) is 10.7. The van der Waals surface area contributed by atoms with Gasteiger partial charge in [-0.05, 0) is 61.0 Å². The molecule has 0 fully saturated rings. The fourth-order valence-corrected chi connectivity index (χ4v) is 4.38. The number of fused-ring (bicyclic) bond motifs is 2. The fourth-order valence-electron chi connectivity index (χ4n) is 4.38. The lowest BCUT2D eigenvalue weighted by atomic mass is 9.97. The molecule has 0 N–H and O–H groups in total. The molecule has 7 heteroatoms. The van der Waals surface area contributed by atoms with Crippen LogP contribution in [0.5, 0.6) is 11.5 Å². The summed E-state index contributed by atoms with van der Waals surface area (Å²) >= 11 is 0. The molecule has 2 heterocycles. The van der Waals surface area contributed by atoms with Crippen molar-refractivity contribution in [3.63, 3.8) is 0 Å². The molecule has 4 aromatic rings. The van der Waals surface area contributed by atoms with Crippen molar-refractivity contribution in [3.05, 3.63) is 99.4 Å². The Labute approximate surface area is 195 Å². The lowest BCUT2D eigenvalue weighted by molar-refractivity contribution is 0.0970. The van der Waals surface area contributed by atoms with Crippen LogP contribution in [0.3, 0.4) is 0 Å². The molecule has 34 heavy (non-hydrogen) atoms. The first-order valence-electron chi connectivity index (χ1n) is 10.7. The lowest BCUT2D eigenvalue weighted by Crippen LogP contribution is -2.29. The molecular weight excluding hydrogens is 434 g/mol. The van der Waals surface area contributed by atoms with E-state index in [0.29, 0.717) is 39.3 Å². The quantitative estimate of drug-likeness (QED) is 0.403. The van der Waals surface area contributed by atoms with Crippen molar-refractivity contribution in [2.24, 2.45) is 0 Å². The second-order valence-electron chi connectivity index (χ2n) is 7.97. The summed E-state index contributed by atoms with van der Waals surface area (Å²) in [5.74, 6) is 0.478. The summed E-state index contributed by atoms with van der Waals surface area (Å²) in [5.41, 5.74) is 2.04. The number of ether oxygens (including phenoxy) is 2. The first kappa shape index (κ1) is 21.5. The Hall–Kier alpha value is -4.39. The molecule has 1 aliphatic rings. The number of para-hydroxylation sites is 1. The van der Waals surface area contributed by atoms with Gasteiger partial charge in [-0.25, -0.2) is 0 Å². The highest BCUT2D eigenvalue weighted by atomic mass is 16.5. The van der Waals surface area contributed by atoms with E-state index in [9.17, 15) is 14.4 Å². The standard InChI is InChI=1S/C27H21NO6/c1-15(29)16-8-11-18(12-9-16)28-24(17-10-13-21(32-2)22(14-17)33-3)23-25(30)19-6-4-5-7-20(19)34-26(23)27(28)31/h4-14,24H,1-3H3. The molecular formula is C27H21NO6. The summed E-state index contributed by atoms with van der Waals surface area (Å²) in [5, 5.41) is 0.397. The van der Waals surface area contributed by atoms with E-state index in [1.165, 1.54) is 26.0 Å². The topological polar surface area (TPSA) is 86.0 Å². The third kappa shape index (κ3) is 3.25. The van der Waals surface area contributed by atoms with E-state index in [4.69, 9.17) is 13.9 Å². The molecule has 0 radical (unpaired) electrons. The molecule has 0 bridgehead atoms. The minimum absolute atomic E-state index is 0.000806. The zero-order chi connectivity index (χ0) is 24.0. The highest BCUT2D eigenvalue weighted by Crippen LogP contribution is 2.43. The van der Waals surface area contributed by atoms with Gasteiger partial charge in [-0.2, -0.15) is 0 Å². The van der Waals surface area contributed by atoms with Crippen molar-refractivity contribution in [2.75, 3.05) is 19.1 Å². The number of hydrogen-bond acceptors (Lipinski definition) is 6. The van der Waals surface area contributed by atoms with E-state index < -0.39 is 11.9 Å². The van der Waals surface area contributed by atoms with Crippen molar-refractivity contribution in [1.29, 1.82) is 0 Å². The predicted octanol–water partition coefficient (Wildman–Crippen LogP) is 4.76. The SMILES string of the molecule is COc1ccc(C2c3c(oc4ccccc4c3=O)C(=O)N2c2ccc(C(C)=O)cc2)cc1OC. The lowest BCUT2D eigenvalue weighted by Gasteiger charge is -2.26. The molecule has 1 unspecified atom stereocenters. The van der Waals surface area contributed by atoms with Gasteiger partial charge in [-0.3, -0.25) is 19.3 Å². The molecule has 1 amide bonds. The average Bonchev–Trinajstić information content (AvgIpc) is 3.16. The second kappa shape index (κ2) is 8.19. The minimum atomic E-state index is -0.758. The van der Waals surface area contributed by atoms with Crippen LogP contribution < -0.4 is 19.8 Å². The van der Waals surface area contributed by atoms with Gasteiger partial charge in [0.05, 0.1) is 31.2 Å². The Morgan fingerprint density at radius 3 is 2.29 bits per heavy atom. The van der Waals surface area contributed by atoms with E-state index in [2.05, 4.69) is 0 Å². The second-order valence-corrected chi connectivity index (χ2v) is 7.97. The normalized spacial score (nSPS) is 14.9. The zero-order valence-electron chi connectivity index (χ0n) is 18.8. The van der Waals surface area contributed by atoms with Crippen molar-refractivity contribution in [3.8, 4) is 11.5 Å². The zero-order valence-corrected chi connectivity index (χ0v) is 18.8. The summed E-state index contributed by atoms with van der Waals surface area (Å²) in [4.78, 5) is 40.5. The monoisotopic (exact) mass is 455 g/mol. The van der Waals surface area contributed by atoms with Crippen LogP contribution in [-0.2, 0) is 0 Å². The van der Waals surface area contributed by atoms with Crippen LogP contribution in [0.1, 0.15) is 45.0 Å². The van der Waals surface area contributed by atoms with Gasteiger partial charge in [-0.15, -0.1) is 0 Å². The van der Waals surface area contributed by atoms with Gasteiger partial charge < -0.3 is 13.9 Å². The van der Waals surface area contributed by atoms with Crippen LogP contribution in [0.15, 0.2) is 75.9 Å². The highest BCUT2D eigenvalue weighted by molar-refractivity contribution is 6.11. The Kier molecular flexibility index (Phi) is 5.17. The number of nitrogens with zero attached hydrogens (tertiary/aromatic N) is 1. The summed E-state index contributed by atoms with van der Waals surface area (Å²) in [6, 6.07) is 18.1. The number of anilines is 1. The number of methoxy groups -OCH3 is 2. The maximum atomic E-state index is 13.6. The molecule has 3 aromatic carbocycles. The van der Waals surface area contributed by atoms with E-state index >= 15 is 0 Å². The van der Waals surface area contributed by atoms with Gasteiger partial charge in [-0.1, -0.05) is 18.2 Å². The van der Waals surface area contributed by atoms with Crippen LogP contribution in [0.4, 0.5) is 5.69 Å². The molecule has 7 nitrogen and oxygen atoms in total. The van der Waals surface area contributed by atoms with Crippen molar-refractivity contribution >= 4 is 28.3 Å². The third-order valence-electron chi connectivity index (χ3n) is 6.05. The number of ketones is 1. The molecule has 5 rings (SSSR count). The van der Waals surface area contributed by atoms with Gasteiger partial charge in [0.15, 0.2) is 22.7 Å². The Bertz CT molecular complexity index is 1500. The summed E-state index contributed by atoms with van der Waals surface area (Å²) in [7, 11) is 3.06. The number of carbonyl (C=O) groups is 2.